The number of nitrogens with one attached hydrogen (secondary N) is 1. The second-order valence-corrected chi connectivity index (χ2v) is 5.48. The molecule has 0 aromatic heterocycles. The van der Waals surface area contributed by atoms with E-state index in [2.05, 4.69) is 5.32 Å². The molecule has 0 aliphatic carbocycles. The fourth-order valence-corrected chi connectivity index (χ4v) is 2.21. The summed E-state index contributed by atoms with van der Waals surface area (Å²) in [6.45, 7) is 0.381. The number of halogens is 1. The number of rotatable bonds is 7. The summed E-state index contributed by atoms with van der Waals surface area (Å²) in [6.07, 6.45) is 2.66. The van der Waals surface area contributed by atoms with E-state index in [4.69, 9.17) is 22.1 Å². The molecule has 0 bridgehead atoms. The highest BCUT2D eigenvalue weighted by atomic mass is 35.5. The maximum absolute atomic E-state index is 11.8. The normalized spacial score (nSPS) is 12.0. The summed E-state index contributed by atoms with van der Waals surface area (Å²) in [4.78, 5) is 11.8. The summed E-state index contributed by atoms with van der Waals surface area (Å²) in [5.41, 5.74) is 6.66. The van der Waals surface area contributed by atoms with Crippen LogP contribution in [0.3, 0.4) is 0 Å². The van der Waals surface area contributed by atoms with Gasteiger partial charge in [0.2, 0.25) is 5.91 Å². The van der Waals surface area contributed by atoms with Crippen molar-refractivity contribution in [2.45, 2.75) is 19.0 Å². The van der Waals surface area contributed by atoms with Crippen LogP contribution in [0.15, 0.2) is 18.2 Å². The van der Waals surface area contributed by atoms with E-state index in [1.807, 2.05) is 12.3 Å². The van der Waals surface area contributed by atoms with Gasteiger partial charge in [-0.25, -0.2) is 0 Å². The average Bonchev–Trinajstić information content (AvgIpc) is 2.42. The van der Waals surface area contributed by atoms with Crippen molar-refractivity contribution in [1.29, 1.82) is 0 Å². The number of methoxy groups -OCH3 is 1. The van der Waals surface area contributed by atoms with Gasteiger partial charge in [0.15, 0.2) is 0 Å². The molecule has 0 radical (unpaired) electrons. The van der Waals surface area contributed by atoms with E-state index in [0.717, 1.165) is 11.3 Å². The van der Waals surface area contributed by atoms with Gasteiger partial charge in [0, 0.05) is 17.1 Å². The van der Waals surface area contributed by atoms with E-state index in [9.17, 15) is 4.79 Å². The van der Waals surface area contributed by atoms with Crippen molar-refractivity contribution in [3.63, 3.8) is 0 Å². The lowest BCUT2D eigenvalue weighted by Gasteiger charge is -2.13. The molecule has 6 heteroatoms. The number of hydrogen-bond acceptors (Lipinski definition) is 4. The fourth-order valence-electron chi connectivity index (χ4n) is 1.55. The van der Waals surface area contributed by atoms with Crippen LogP contribution in [0.1, 0.15) is 12.0 Å². The van der Waals surface area contributed by atoms with Crippen LogP contribution in [0.4, 0.5) is 0 Å². The van der Waals surface area contributed by atoms with Crippen LogP contribution in [0.25, 0.3) is 0 Å². The molecule has 1 aromatic rings. The van der Waals surface area contributed by atoms with Crippen molar-refractivity contribution >= 4 is 29.3 Å². The highest BCUT2D eigenvalue weighted by molar-refractivity contribution is 7.98. The molecular weight excluding hydrogens is 284 g/mol. The van der Waals surface area contributed by atoms with Crippen molar-refractivity contribution in [2.24, 2.45) is 5.73 Å². The van der Waals surface area contributed by atoms with E-state index in [1.54, 1.807) is 31.0 Å². The van der Waals surface area contributed by atoms with Crippen LogP contribution < -0.4 is 15.8 Å². The number of carbonyl (C=O) groups is 1. The average molecular weight is 303 g/mol. The molecule has 1 amide bonds. The van der Waals surface area contributed by atoms with E-state index in [1.165, 1.54) is 0 Å². The first-order chi connectivity index (χ1) is 9.08. The van der Waals surface area contributed by atoms with E-state index >= 15 is 0 Å². The summed E-state index contributed by atoms with van der Waals surface area (Å²) in [5.74, 6) is 1.38. The summed E-state index contributed by atoms with van der Waals surface area (Å²) in [5, 5.41) is 3.41. The number of amides is 1. The molecule has 0 fully saturated rings. The van der Waals surface area contributed by atoms with Gasteiger partial charge in [-0.05, 0) is 30.6 Å². The lowest BCUT2D eigenvalue weighted by atomic mass is 10.2. The minimum absolute atomic E-state index is 0.147. The number of carbonyl (C=O) groups excluding carboxylic acids is 1. The Kier molecular flexibility index (Phi) is 7.05. The van der Waals surface area contributed by atoms with Gasteiger partial charge in [-0.1, -0.05) is 17.7 Å². The first-order valence-electron chi connectivity index (χ1n) is 5.93. The third-order valence-electron chi connectivity index (χ3n) is 2.67. The Labute approximate surface area is 123 Å². The molecule has 0 spiro atoms. The monoisotopic (exact) mass is 302 g/mol. The van der Waals surface area contributed by atoms with Gasteiger partial charge in [-0.3, -0.25) is 4.79 Å². The van der Waals surface area contributed by atoms with E-state index in [-0.39, 0.29) is 5.91 Å². The molecule has 0 saturated carbocycles. The van der Waals surface area contributed by atoms with Gasteiger partial charge in [0.25, 0.3) is 0 Å². The molecule has 19 heavy (non-hydrogen) atoms. The van der Waals surface area contributed by atoms with Gasteiger partial charge in [-0.2, -0.15) is 11.8 Å². The lowest BCUT2D eigenvalue weighted by molar-refractivity contribution is -0.122. The van der Waals surface area contributed by atoms with Crippen molar-refractivity contribution in [2.75, 3.05) is 19.1 Å². The van der Waals surface area contributed by atoms with Crippen LogP contribution in [0, 0.1) is 0 Å². The molecule has 0 saturated heterocycles. The largest absolute Gasteiger partial charge is 0.496 e. The highest BCUT2D eigenvalue weighted by Gasteiger charge is 2.13. The Morgan fingerprint density at radius 3 is 2.95 bits per heavy atom. The standard InChI is InChI=1S/C13H19ClN2O2S/c1-18-12-7-10(14)4-3-9(12)8-16-13(17)11(15)5-6-19-2/h3-4,7,11H,5-6,8,15H2,1-2H3,(H,16,17)/t11-/m0/s1. The molecule has 0 heterocycles. The van der Waals surface area contributed by atoms with Crippen molar-refractivity contribution in [1.82, 2.24) is 5.32 Å². The molecule has 1 rings (SSSR count). The minimum atomic E-state index is -0.467. The van der Waals surface area contributed by atoms with Crippen LogP contribution in [-0.2, 0) is 11.3 Å². The number of ether oxygens (including phenoxy) is 1. The Balaban J connectivity index is 2.54. The molecule has 4 nitrogen and oxygen atoms in total. The Morgan fingerprint density at radius 1 is 1.58 bits per heavy atom. The minimum Gasteiger partial charge on any atom is -0.496 e. The molecule has 1 aromatic carbocycles. The van der Waals surface area contributed by atoms with Gasteiger partial charge >= 0.3 is 0 Å². The smallest absolute Gasteiger partial charge is 0.237 e. The number of benzene rings is 1. The third kappa shape index (κ3) is 5.30. The molecular formula is C13H19ClN2O2S. The van der Waals surface area contributed by atoms with Crippen molar-refractivity contribution < 1.29 is 9.53 Å². The fraction of sp³-hybridized carbons (Fsp3) is 0.462. The SMILES string of the molecule is COc1cc(Cl)ccc1CNC(=O)[C@@H](N)CCSC. The van der Waals surface area contributed by atoms with E-state index < -0.39 is 6.04 Å². The first kappa shape index (κ1) is 16.1. The zero-order valence-electron chi connectivity index (χ0n) is 11.1. The zero-order valence-corrected chi connectivity index (χ0v) is 12.7. The van der Waals surface area contributed by atoms with Crippen molar-refractivity contribution in [3.05, 3.63) is 28.8 Å². The van der Waals surface area contributed by atoms with Crippen LogP contribution in [0.2, 0.25) is 5.02 Å². The third-order valence-corrected chi connectivity index (χ3v) is 3.55. The van der Waals surface area contributed by atoms with Crippen LogP contribution >= 0.6 is 23.4 Å². The van der Waals surface area contributed by atoms with Gasteiger partial charge in [0.1, 0.15) is 5.75 Å². The zero-order chi connectivity index (χ0) is 14.3. The lowest BCUT2D eigenvalue weighted by Crippen LogP contribution is -2.40. The maximum Gasteiger partial charge on any atom is 0.237 e. The Hall–Kier alpha value is -0.910. The molecule has 1 atom stereocenters. The highest BCUT2D eigenvalue weighted by Crippen LogP contribution is 2.22. The topological polar surface area (TPSA) is 64.3 Å². The molecule has 0 aliphatic heterocycles. The quantitative estimate of drug-likeness (QED) is 0.809. The predicted octanol–water partition coefficient (Wildman–Crippen LogP) is 2.05. The van der Waals surface area contributed by atoms with Crippen molar-refractivity contribution in [3.8, 4) is 5.75 Å². The maximum atomic E-state index is 11.8. The number of hydrogen-bond donors (Lipinski definition) is 2. The predicted molar refractivity (Wildman–Crippen MR) is 80.8 cm³/mol. The Morgan fingerprint density at radius 2 is 2.32 bits per heavy atom. The number of thioether (sulfide) groups is 1. The summed E-state index contributed by atoms with van der Waals surface area (Å²) < 4.78 is 5.21. The van der Waals surface area contributed by atoms with Gasteiger partial charge in [0.05, 0.1) is 13.2 Å². The summed E-state index contributed by atoms with van der Waals surface area (Å²) >= 11 is 7.55. The summed E-state index contributed by atoms with van der Waals surface area (Å²) in [6, 6.07) is 4.84. The van der Waals surface area contributed by atoms with E-state index in [0.29, 0.717) is 23.7 Å². The number of nitrogens with two attached hydrogens (primary N) is 1. The Bertz CT molecular complexity index is 429. The summed E-state index contributed by atoms with van der Waals surface area (Å²) in [7, 11) is 1.57. The second-order valence-electron chi connectivity index (χ2n) is 4.06. The van der Waals surface area contributed by atoms with Crippen LogP contribution in [0.5, 0.6) is 5.75 Å². The second kappa shape index (κ2) is 8.30. The molecule has 3 N–H and O–H groups in total. The van der Waals surface area contributed by atoms with Crippen LogP contribution in [-0.4, -0.2) is 31.1 Å². The van der Waals surface area contributed by atoms with Gasteiger partial charge < -0.3 is 15.8 Å². The first-order valence-corrected chi connectivity index (χ1v) is 7.70. The molecule has 0 aliphatic rings. The molecule has 106 valence electrons. The molecule has 0 unspecified atom stereocenters. The van der Waals surface area contributed by atoms with Gasteiger partial charge in [-0.15, -0.1) is 0 Å².